The van der Waals surface area contributed by atoms with Crippen LogP contribution in [0.25, 0.3) is 5.65 Å². The van der Waals surface area contributed by atoms with Crippen molar-refractivity contribution in [3.63, 3.8) is 0 Å². The summed E-state index contributed by atoms with van der Waals surface area (Å²) in [5.74, 6) is 0.648. The van der Waals surface area contributed by atoms with Gasteiger partial charge in [0.15, 0.2) is 5.65 Å². The van der Waals surface area contributed by atoms with E-state index < -0.39 is 0 Å². The first kappa shape index (κ1) is 15.2. The number of carbonyl (C=O) groups excluding carboxylic acids is 1. The Kier molecular flexibility index (Phi) is 3.64. The summed E-state index contributed by atoms with van der Waals surface area (Å²) in [6, 6.07) is 11.4. The van der Waals surface area contributed by atoms with Gasteiger partial charge < -0.3 is 5.32 Å². The van der Waals surface area contributed by atoms with Crippen LogP contribution in [0, 0.1) is 6.92 Å². The average Bonchev–Trinajstić information content (AvgIpc) is 2.87. The van der Waals surface area contributed by atoms with Gasteiger partial charge >= 0.3 is 0 Å². The average molecular weight is 308 g/mol. The number of pyridine rings is 1. The standard InChI is InChI=1S/C18H20N4O/c1-12-20-21-16-11-13(9-10-22(12)16)17(23)19-15-8-6-5-7-14(15)18(2,3)4/h5-11H,1-4H3,(H,19,23). The fraction of sp³-hybridized carbons (Fsp3) is 0.278. The number of fused-ring (bicyclic) bond motifs is 1. The lowest BCUT2D eigenvalue weighted by Gasteiger charge is -2.23. The monoisotopic (exact) mass is 308 g/mol. The minimum atomic E-state index is -0.148. The second-order valence-corrected chi connectivity index (χ2v) is 6.64. The summed E-state index contributed by atoms with van der Waals surface area (Å²) in [5.41, 5.74) is 3.13. The van der Waals surface area contributed by atoms with Crippen molar-refractivity contribution in [2.75, 3.05) is 5.32 Å². The van der Waals surface area contributed by atoms with E-state index in [1.807, 2.05) is 41.8 Å². The van der Waals surface area contributed by atoms with Crippen LogP contribution >= 0.6 is 0 Å². The highest BCUT2D eigenvalue weighted by atomic mass is 16.1. The summed E-state index contributed by atoms with van der Waals surface area (Å²) < 4.78 is 1.85. The predicted molar refractivity (Wildman–Crippen MR) is 90.8 cm³/mol. The number of amides is 1. The highest BCUT2D eigenvalue weighted by Crippen LogP contribution is 2.29. The molecule has 2 aromatic heterocycles. The van der Waals surface area contributed by atoms with E-state index in [9.17, 15) is 4.79 Å². The summed E-state index contributed by atoms with van der Waals surface area (Å²) in [4.78, 5) is 12.6. The number of nitrogens with zero attached hydrogens (tertiary/aromatic N) is 3. The zero-order valence-electron chi connectivity index (χ0n) is 13.8. The molecular weight excluding hydrogens is 288 g/mol. The second kappa shape index (κ2) is 5.50. The zero-order chi connectivity index (χ0) is 16.6. The van der Waals surface area contributed by atoms with E-state index in [2.05, 4.69) is 36.3 Å². The Morgan fingerprint density at radius 3 is 2.61 bits per heavy atom. The van der Waals surface area contributed by atoms with Crippen LogP contribution < -0.4 is 5.32 Å². The van der Waals surface area contributed by atoms with Gasteiger partial charge in [-0.25, -0.2) is 0 Å². The first-order valence-corrected chi connectivity index (χ1v) is 7.58. The minimum absolute atomic E-state index is 0.0437. The Balaban J connectivity index is 1.92. The van der Waals surface area contributed by atoms with E-state index in [0.717, 1.165) is 17.1 Å². The molecule has 3 rings (SSSR count). The van der Waals surface area contributed by atoms with Crippen molar-refractivity contribution >= 4 is 17.2 Å². The van der Waals surface area contributed by atoms with Gasteiger partial charge in [0.25, 0.3) is 5.91 Å². The molecule has 0 bridgehead atoms. The lowest BCUT2D eigenvalue weighted by Crippen LogP contribution is -2.18. The number of hydrogen-bond acceptors (Lipinski definition) is 3. The summed E-state index contributed by atoms with van der Waals surface area (Å²) in [5, 5.41) is 11.1. The van der Waals surface area contributed by atoms with Crippen molar-refractivity contribution < 1.29 is 4.79 Å². The number of rotatable bonds is 2. The van der Waals surface area contributed by atoms with Crippen LogP contribution in [0.2, 0.25) is 0 Å². The Bertz CT molecular complexity index is 874. The lowest BCUT2D eigenvalue weighted by atomic mass is 9.86. The highest BCUT2D eigenvalue weighted by molar-refractivity contribution is 6.05. The van der Waals surface area contributed by atoms with Crippen molar-refractivity contribution in [2.45, 2.75) is 33.1 Å². The molecule has 2 heterocycles. The maximum absolute atomic E-state index is 12.6. The Morgan fingerprint density at radius 2 is 1.87 bits per heavy atom. The maximum Gasteiger partial charge on any atom is 0.255 e. The van der Waals surface area contributed by atoms with Gasteiger partial charge in [0.05, 0.1) is 0 Å². The van der Waals surface area contributed by atoms with Crippen molar-refractivity contribution in [3.8, 4) is 0 Å². The number of aromatic nitrogens is 3. The third kappa shape index (κ3) is 2.95. The summed E-state index contributed by atoms with van der Waals surface area (Å²) >= 11 is 0. The van der Waals surface area contributed by atoms with E-state index >= 15 is 0 Å². The molecule has 0 fully saturated rings. The van der Waals surface area contributed by atoms with Gasteiger partial charge in [0, 0.05) is 17.4 Å². The van der Waals surface area contributed by atoms with Crippen LogP contribution in [0.4, 0.5) is 5.69 Å². The van der Waals surface area contributed by atoms with Crippen molar-refractivity contribution in [2.24, 2.45) is 0 Å². The van der Waals surface area contributed by atoms with Crippen LogP contribution in [-0.4, -0.2) is 20.5 Å². The van der Waals surface area contributed by atoms with E-state index in [1.165, 1.54) is 0 Å². The molecule has 1 aromatic carbocycles. The number of nitrogens with one attached hydrogen (secondary N) is 1. The molecule has 118 valence electrons. The normalized spacial score (nSPS) is 11.7. The first-order chi connectivity index (χ1) is 10.9. The number of hydrogen-bond donors (Lipinski definition) is 1. The van der Waals surface area contributed by atoms with E-state index in [-0.39, 0.29) is 11.3 Å². The molecule has 0 aliphatic rings. The summed E-state index contributed by atoms with van der Waals surface area (Å²) in [6.45, 7) is 8.26. The van der Waals surface area contributed by atoms with Crippen molar-refractivity contribution in [3.05, 3.63) is 59.5 Å². The molecule has 0 aliphatic heterocycles. The predicted octanol–water partition coefficient (Wildman–Crippen LogP) is 3.59. The van der Waals surface area contributed by atoms with Gasteiger partial charge in [-0.15, -0.1) is 10.2 Å². The third-order valence-electron chi connectivity index (χ3n) is 3.83. The number of benzene rings is 1. The van der Waals surface area contributed by atoms with Gasteiger partial charge in [-0.05, 0) is 36.1 Å². The zero-order valence-corrected chi connectivity index (χ0v) is 13.8. The second-order valence-electron chi connectivity index (χ2n) is 6.64. The Labute approximate surface area is 135 Å². The van der Waals surface area contributed by atoms with Gasteiger partial charge in [-0.1, -0.05) is 39.0 Å². The molecule has 23 heavy (non-hydrogen) atoms. The lowest BCUT2D eigenvalue weighted by molar-refractivity contribution is 0.102. The molecule has 5 nitrogen and oxygen atoms in total. The summed E-state index contributed by atoms with van der Waals surface area (Å²) in [6.07, 6.45) is 1.81. The molecule has 3 aromatic rings. The van der Waals surface area contributed by atoms with E-state index in [4.69, 9.17) is 0 Å². The fourth-order valence-electron chi connectivity index (χ4n) is 2.59. The molecule has 0 unspecified atom stereocenters. The smallest absolute Gasteiger partial charge is 0.255 e. The number of anilines is 1. The molecule has 0 radical (unpaired) electrons. The minimum Gasteiger partial charge on any atom is -0.322 e. The largest absolute Gasteiger partial charge is 0.322 e. The Morgan fingerprint density at radius 1 is 1.13 bits per heavy atom. The molecule has 0 spiro atoms. The Hall–Kier alpha value is -2.69. The first-order valence-electron chi connectivity index (χ1n) is 7.58. The molecule has 5 heteroatoms. The van der Waals surface area contributed by atoms with Crippen LogP contribution in [0.3, 0.4) is 0 Å². The fourth-order valence-corrected chi connectivity index (χ4v) is 2.59. The molecular formula is C18H20N4O. The molecule has 1 amide bonds. The van der Waals surface area contributed by atoms with E-state index in [0.29, 0.717) is 11.2 Å². The van der Waals surface area contributed by atoms with Gasteiger partial charge in [0.1, 0.15) is 5.82 Å². The van der Waals surface area contributed by atoms with Crippen LogP contribution in [0.15, 0.2) is 42.6 Å². The van der Waals surface area contributed by atoms with E-state index in [1.54, 1.807) is 12.1 Å². The van der Waals surface area contributed by atoms with Crippen LogP contribution in [0.5, 0.6) is 0 Å². The molecule has 0 saturated heterocycles. The number of para-hydroxylation sites is 1. The van der Waals surface area contributed by atoms with Crippen LogP contribution in [0.1, 0.15) is 42.5 Å². The topological polar surface area (TPSA) is 59.3 Å². The quantitative estimate of drug-likeness (QED) is 0.787. The number of aryl methyl sites for hydroxylation is 1. The third-order valence-corrected chi connectivity index (χ3v) is 3.83. The van der Waals surface area contributed by atoms with Crippen LogP contribution in [-0.2, 0) is 5.41 Å². The SMILES string of the molecule is Cc1nnc2cc(C(=O)Nc3ccccc3C(C)(C)C)ccn12. The summed E-state index contributed by atoms with van der Waals surface area (Å²) in [7, 11) is 0. The molecule has 1 N–H and O–H groups in total. The molecule has 0 atom stereocenters. The van der Waals surface area contributed by atoms with Gasteiger partial charge in [-0.3, -0.25) is 9.20 Å². The van der Waals surface area contributed by atoms with Gasteiger partial charge in [0.2, 0.25) is 0 Å². The molecule has 0 saturated carbocycles. The molecule has 0 aliphatic carbocycles. The van der Waals surface area contributed by atoms with Crippen molar-refractivity contribution in [1.82, 2.24) is 14.6 Å². The van der Waals surface area contributed by atoms with Gasteiger partial charge in [-0.2, -0.15) is 0 Å². The highest BCUT2D eigenvalue weighted by Gasteiger charge is 2.19. The number of carbonyl (C=O) groups is 1. The van der Waals surface area contributed by atoms with Crippen molar-refractivity contribution in [1.29, 1.82) is 0 Å². The maximum atomic E-state index is 12.6.